The summed E-state index contributed by atoms with van der Waals surface area (Å²) < 4.78 is 15.4. The van der Waals surface area contributed by atoms with Gasteiger partial charge in [0.25, 0.3) is 5.91 Å². The molecule has 2 heterocycles. The molecule has 0 aliphatic heterocycles. The van der Waals surface area contributed by atoms with E-state index in [9.17, 15) is 24.2 Å². The molecule has 0 spiro atoms. The van der Waals surface area contributed by atoms with Gasteiger partial charge in [-0.1, -0.05) is 18.2 Å². The molecule has 0 saturated carbocycles. The number of hydrogen-bond acceptors (Lipinski definition) is 6. The molecule has 37 heavy (non-hydrogen) atoms. The van der Waals surface area contributed by atoms with E-state index in [0.717, 1.165) is 5.69 Å². The minimum absolute atomic E-state index is 0.161. The van der Waals surface area contributed by atoms with E-state index in [-0.39, 0.29) is 18.9 Å². The van der Waals surface area contributed by atoms with E-state index >= 15 is 0 Å². The van der Waals surface area contributed by atoms with Gasteiger partial charge in [0.2, 0.25) is 0 Å². The highest BCUT2D eigenvalue weighted by Gasteiger charge is 2.24. The molecule has 2 atom stereocenters. The number of hydrogen-bond donors (Lipinski definition) is 4. The average molecular weight is 511 g/mol. The van der Waals surface area contributed by atoms with Crippen LogP contribution in [0, 0.1) is 19.7 Å². The summed E-state index contributed by atoms with van der Waals surface area (Å²) in [6, 6.07) is 5.90. The zero-order valence-electron chi connectivity index (χ0n) is 21.0. The molecule has 9 nitrogen and oxygen atoms in total. The van der Waals surface area contributed by atoms with E-state index in [1.807, 2.05) is 13.8 Å². The molecular formula is C27H31FN4O5. The molecule has 2 aromatic heterocycles. The molecule has 0 aliphatic rings. The Hall–Kier alpha value is -3.89. The number of halogens is 1. The minimum Gasteiger partial charge on any atom is -0.481 e. The van der Waals surface area contributed by atoms with E-state index in [0.29, 0.717) is 40.3 Å². The van der Waals surface area contributed by atoms with E-state index < -0.39 is 30.4 Å². The van der Waals surface area contributed by atoms with E-state index in [2.05, 4.69) is 15.3 Å². The number of aliphatic carboxylic acids is 1. The number of nitrogens with zero attached hydrogens (tertiary/aromatic N) is 3. The fraction of sp³-hybridized carbons (Fsp3) is 0.333. The van der Waals surface area contributed by atoms with Crippen molar-refractivity contribution in [3.8, 4) is 11.1 Å². The van der Waals surface area contributed by atoms with Gasteiger partial charge in [-0.3, -0.25) is 19.6 Å². The van der Waals surface area contributed by atoms with Crippen LogP contribution in [0.25, 0.3) is 17.2 Å². The predicted octanol–water partition coefficient (Wildman–Crippen LogP) is 3.25. The van der Waals surface area contributed by atoms with Crippen molar-refractivity contribution in [2.75, 3.05) is 0 Å². The van der Waals surface area contributed by atoms with Gasteiger partial charge in [0.05, 0.1) is 42.8 Å². The van der Waals surface area contributed by atoms with Crippen LogP contribution in [0.3, 0.4) is 0 Å². The lowest BCUT2D eigenvalue weighted by Gasteiger charge is -2.12. The maximum atomic E-state index is 13.6. The van der Waals surface area contributed by atoms with Crippen LogP contribution in [0.15, 0.2) is 42.7 Å². The molecule has 3 rings (SSSR count). The Labute approximate surface area is 214 Å². The number of rotatable bonds is 11. The molecule has 0 fully saturated rings. The third kappa shape index (κ3) is 7.08. The van der Waals surface area contributed by atoms with Crippen LogP contribution < -0.4 is 5.32 Å². The number of carbonyl (C=O) groups excluding carboxylic acids is 1. The number of carbonyl (C=O) groups is 2. The zero-order valence-corrected chi connectivity index (χ0v) is 21.0. The van der Waals surface area contributed by atoms with Gasteiger partial charge in [0, 0.05) is 30.4 Å². The van der Waals surface area contributed by atoms with Gasteiger partial charge < -0.3 is 25.2 Å². The van der Waals surface area contributed by atoms with Crippen LogP contribution in [0.5, 0.6) is 0 Å². The number of aryl methyl sites for hydroxylation is 1. The van der Waals surface area contributed by atoms with Crippen LogP contribution in [0.2, 0.25) is 0 Å². The highest BCUT2D eigenvalue weighted by molar-refractivity contribution is 5.98. The zero-order chi connectivity index (χ0) is 27.1. The quantitative estimate of drug-likeness (QED) is 0.311. The Balaban J connectivity index is 1.98. The molecule has 0 bridgehead atoms. The third-order valence-corrected chi connectivity index (χ3v) is 5.88. The van der Waals surface area contributed by atoms with Gasteiger partial charge in [0.1, 0.15) is 11.5 Å². The molecule has 4 N–H and O–H groups in total. The fourth-order valence-corrected chi connectivity index (χ4v) is 4.15. The highest BCUT2D eigenvalue weighted by Crippen LogP contribution is 2.34. The summed E-state index contributed by atoms with van der Waals surface area (Å²) in [4.78, 5) is 32.6. The van der Waals surface area contributed by atoms with Gasteiger partial charge in [-0.2, -0.15) is 0 Å². The number of aromatic nitrogens is 3. The summed E-state index contributed by atoms with van der Waals surface area (Å²) in [5, 5.41) is 31.9. The Morgan fingerprint density at radius 3 is 2.43 bits per heavy atom. The summed E-state index contributed by atoms with van der Waals surface area (Å²) >= 11 is 0. The Morgan fingerprint density at radius 2 is 1.84 bits per heavy atom. The number of nitrogens with one attached hydrogen (secondary N) is 1. The van der Waals surface area contributed by atoms with E-state index in [1.165, 1.54) is 18.2 Å². The van der Waals surface area contributed by atoms with Crippen molar-refractivity contribution in [1.82, 2.24) is 19.9 Å². The molecule has 10 heteroatoms. The average Bonchev–Trinajstić information content (AvgIpc) is 3.13. The molecule has 0 saturated heterocycles. The first-order chi connectivity index (χ1) is 17.6. The number of amides is 1. The minimum atomic E-state index is -1.21. The molecule has 196 valence electrons. The summed E-state index contributed by atoms with van der Waals surface area (Å²) in [5.41, 5.74) is 4.43. The number of carboxylic acids is 1. The smallest absolute Gasteiger partial charge is 0.305 e. The maximum Gasteiger partial charge on any atom is 0.305 e. The summed E-state index contributed by atoms with van der Waals surface area (Å²) in [7, 11) is 0. The summed E-state index contributed by atoms with van der Waals surface area (Å²) in [6.45, 7) is 6.10. The number of carboxylic acid groups (broad SMARTS) is 1. The van der Waals surface area contributed by atoms with Gasteiger partial charge in [-0.15, -0.1) is 0 Å². The normalized spacial score (nSPS) is 13.0. The van der Waals surface area contributed by atoms with Gasteiger partial charge in [-0.25, -0.2) is 4.39 Å². The SMILES string of the molecule is CCn1c(/C=C/C(O)CC(O)CC(=O)O)c(-c2ccc(F)cc2)c(C)c1C(=O)NCc1cnc(C)cn1. The standard InChI is InChI=1S/C27H31FN4O5/c1-4-32-23(10-9-21(33)11-22(34)12-24(35)36)25(18-5-7-19(28)8-6-18)17(3)26(32)27(37)31-15-20-14-29-16(2)13-30-20/h5-10,13-14,21-22,33-34H,4,11-12,15H2,1-3H3,(H,31,37)(H,35,36)/b10-9+. The maximum absolute atomic E-state index is 13.6. The Kier molecular flexibility index (Phi) is 9.26. The van der Waals surface area contributed by atoms with Crippen LogP contribution >= 0.6 is 0 Å². The van der Waals surface area contributed by atoms with Gasteiger partial charge in [-0.05, 0) is 50.1 Å². The summed E-state index contributed by atoms with van der Waals surface area (Å²) in [5.74, 6) is -1.89. The van der Waals surface area contributed by atoms with Crippen molar-refractivity contribution in [1.29, 1.82) is 0 Å². The van der Waals surface area contributed by atoms with Crippen molar-refractivity contribution in [3.05, 3.63) is 76.9 Å². The van der Waals surface area contributed by atoms with E-state index in [1.54, 1.807) is 42.1 Å². The summed E-state index contributed by atoms with van der Waals surface area (Å²) in [6.07, 6.45) is 3.33. The van der Waals surface area contributed by atoms with Crippen LogP contribution in [0.1, 0.15) is 52.9 Å². The number of benzene rings is 1. The van der Waals surface area contributed by atoms with Crippen LogP contribution in [0.4, 0.5) is 4.39 Å². The van der Waals surface area contributed by atoms with Gasteiger partial charge >= 0.3 is 5.97 Å². The molecular weight excluding hydrogens is 479 g/mol. The van der Waals surface area contributed by atoms with Crippen molar-refractivity contribution < 1.29 is 29.3 Å². The lowest BCUT2D eigenvalue weighted by Crippen LogP contribution is -2.27. The largest absolute Gasteiger partial charge is 0.481 e. The predicted molar refractivity (Wildman–Crippen MR) is 136 cm³/mol. The third-order valence-electron chi connectivity index (χ3n) is 5.88. The first-order valence-corrected chi connectivity index (χ1v) is 11.9. The number of aliphatic hydroxyl groups excluding tert-OH is 2. The second-order valence-corrected chi connectivity index (χ2v) is 8.73. The fourth-order valence-electron chi connectivity index (χ4n) is 4.15. The van der Waals surface area contributed by atoms with Crippen molar-refractivity contribution in [2.45, 2.75) is 58.9 Å². The van der Waals surface area contributed by atoms with Crippen molar-refractivity contribution >= 4 is 18.0 Å². The van der Waals surface area contributed by atoms with Crippen LogP contribution in [-0.2, 0) is 17.9 Å². The van der Waals surface area contributed by atoms with Crippen molar-refractivity contribution in [3.63, 3.8) is 0 Å². The Morgan fingerprint density at radius 1 is 1.14 bits per heavy atom. The topological polar surface area (TPSA) is 138 Å². The monoisotopic (exact) mass is 510 g/mol. The van der Waals surface area contributed by atoms with E-state index in [4.69, 9.17) is 5.11 Å². The second kappa shape index (κ2) is 12.4. The molecule has 2 unspecified atom stereocenters. The van der Waals surface area contributed by atoms with Crippen LogP contribution in [-0.4, -0.2) is 53.9 Å². The molecule has 0 radical (unpaired) electrons. The second-order valence-electron chi connectivity index (χ2n) is 8.73. The molecule has 0 aliphatic carbocycles. The Bertz CT molecular complexity index is 1270. The lowest BCUT2D eigenvalue weighted by atomic mass is 10.00. The molecule has 3 aromatic rings. The number of aliphatic hydroxyl groups is 2. The highest BCUT2D eigenvalue weighted by atomic mass is 19.1. The lowest BCUT2D eigenvalue weighted by molar-refractivity contribution is -0.139. The first kappa shape index (κ1) is 27.7. The van der Waals surface area contributed by atoms with Gasteiger partial charge in [0.15, 0.2) is 0 Å². The molecule has 1 amide bonds. The molecule has 1 aromatic carbocycles. The van der Waals surface area contributed by atoms with Crippen molar-refractivity contribution in [2.24, 2.45) is 0 Å². The first-order valence-electron chi connectivity index (χ1n) is 11.9.